The van der Waals surface area contributed by atoms with Crippen molar-refractivity contribution in [2.75, 3.05) is 14.1 Å². The van der Waals surface area contributed by atoms with E-state index in [1.54, 1.807) is 35.8 Å². The molecule has 1 atom stereocenters. The normalized spacial score (nSPS) is 16.8. The second-order valence-electron chi connectivity index (χ2n) is 10.6. The van der Waals surface area contributed by atoms with Crippen LogP contribution in [0.5, 0.6) is 11.5 Å². The Balaban J connectivity index is 1.39. The fourth-order valence-corrected chi connectivity index (χ4v) is 5.55. The van der Waals surface area contributed by atoms with Crippen LogP contribution in [0.1, 0.15) is 35.6 Å². The number of fused-ring (bicyclic) bond motifs is 5. The molecule has 4 aromatic rings. The van der Waals surface area contributed by atoms with Crippen molar-refractivity contribution in [1.29, 1.82) is 0 Å². The summed E-state index contributed by atoms with van der Waals surface area (Å²) >= 11 is 0. The van der Waals surface area contributed by atoms with Gasteiger partial charge in [-0.05, 0) is 62.5 Å². The number of hydrogen-bond donors (Lipinski definition) is 1. The fraction of sp³-hybridized carbons (Fsp3) is 0.267. The number of carbonyl (C=O) groups is 2. The first-order valence-corrected chi connectivity index (χ1v) is 13.4. The minimum Gasteiger partial charge on any atom is -0.458 e. The molecule has 0 radical (unpaired) electrons. The lowest BCUT2D eigenvalue weighted by atomic mass is 9.86. The zero-order chi connectivity index (χ0) is 30.6. The average Bonchev–Trinajstić information content (AvgIpc) is 3.34. The number of esters is 1. The van der Waals surface area contributed by atoms with Gasteiger partial charge in [0.2, 0.25) is 0 Å². The molecule has 0 aliphatic carbocycles. The molecule has 0 bridgehead atoms. The molecule has 43 heavy (non-hydrogen) atoms. The van der Waals surface area contributed by atoms with Gasteiger partial charge in [-0.1, -0.05) is 6.92 Å². The maximum atomic E-state index is 13.6. The Hall–Kier alpha value is -5.14. The predicted octanol–water partition coefficient (Wildman–Crippen LogP) is 3.63. The highest BCUT2D eigenvalue weighted by atomic mass is 16.7. The molecule has 2 aliphatic rings. The van der Waals surface area contributed by atoms with Crippen molar-refractivity contribution >= 4 is 28.7 Å². The van der Waals surface area contributed by atoms with Crippen molar-refractivity contribution in [3.63, 3.8) is 0 Å². The van der Waals surface area contributed by atoms with E-state index in [0.717, 1.165) is 11.1 Å². The number of benzene rings is 2. The Morgan fingerprint density at radius 3 is 2.49 bits per heavy atom. The molecule has 4 heterocycles. The van der Waals surface area contributed by atoms with Gasteiger partial charge in [0, 0.05) is 35.2 Å². The standard InChI is InChI=1S/C30H26N4O9/c1-4-30(38)23-12-25-26-21(14-33(25)27(35)22(23)15-41-28(30)36)20(13-32(2)3)19-11-18(9-10-24(19)31-26)43-29(37)42-17-7-5-16(6-8-17)34(39)40/h5-12,38H,4,13-15H2,1-3H3/t30-/m0/s1. The van der Waals surface area contributed by atoms with E-state index < -0.39 is 22.6 Å². The van der Waals surface area contributed by atoms with Crippen LogP contribution >= 0.6 is 0 Å². The molecule has 2 aromatic heterocycles. The van der Waals surface area contributed by atoms with Gasteiger partial charge in [-0.3, -0.25) is 14.9 Å². The summed E-state index contributed by atoms with van der Waals surface area (Å²) in [6, 6.07) is 11.6. The third kappa shape index (κ3) is 4.68. The molecular formula is C30H26N4O9. The molecule has 2 aliphatic heterocycles. The molecule has 0 amide bonds. The van der Waals surface area contributed by atoms with Gasteiger partial charge < -0.3 is 28.8 Å². The average molecular weight is 587 g/mol. The minimum absolute atomic E-state index is 0.0427. The summed E-state index contributed by atoms with van der Waals surface area (Å²) in [7, 11) is 3.80. The van der Waals surface area contributed by atoms with E-state index in [1.165, 1.54) is 24.3 Å². The van der Waals surface area contributed by atoms with E-state index in [0.29, 0.717) is 28.8 Å². The lowest BCUT2D eigenvalue weighted by Crippen LogP contribution is -2.44. The van der Waals surface area contributed by atoms with Crippen LogP contribution in [0.4, 0.5) is 10.5 Å². The smallest absolute Gasteiger partial charge is 0.458 e. The summed E-state index contributed by atoms with van der Waals surface area (Å²) in [6.07, 6.45) is -0.984. The van der Waals surface area contributed by atoms with E-state index in [1.807, 2.05) is 19.0 Å². The van der Waals surface area contributed by atoms with Gasteiger partial charge in [0.15, 0.2) is 5.60 Å². The fourth-order valence-electron chi connectivity index (χ4n) is 5.55. The van der Waals surface area contributed by atoms with Crippen LogP contribution in [0.25, 0.3) is 22.3 Å². The molecule has 0 saturated carbocycles. The molecule has 1 N–H and O–H groups in total. The highest BCUT2D eigenvalue weighted by Crippen LogP contribution is 2.41. The van der Waals surface area contributed by atoms with Crippen LogP contribution in [0.15, 0.2) is 53.3 Å². The molecule has 0 saturated heterocycles. The maximum absolute atomic E-state index is 13.6. The van der Waals surface area contributed by atoms with Gasteiger partial charge in [-0.2, -0.15) is 0 Å². The van der Waals surface area contributed by atoms with Crippen molar-refractivity contribution in [3.05, 3.63) is 91.3 Å². The Bertz CT molecular complexity index is 1900. The molecule has 0 spiro atoms. The number of pyridine rings is 2. The number of carbonyl (C=O) groups excluding carboxylic acids is 2. The second-order valence-corrected chi connectivity index (χ2v) is 10.6. The molecule has 0 unspecified atom stereocenters. The van der Waals surface area contributed by atoms with Crippen molar-refractivity contribution in [2.45, 2.75) is 38.6 Å². The number of nitro benzene ring substituents is 1. The molecule has 6 rings (SSSR count). The summed E-state index contributed by atoms with van der Waals surface area (Å²) in [5, 5.41) is 22.7. The number of cyclic esters (lactones) is 1. The Kier molecular flexibility index (Phi) is 6.70. The number of hydrogen-bond acceptors (Lipinski definition) is 11. The van der Waals surface area contributed by atoms with Crippen LogP contribution in [-0.2, 0) is 34.8 Å². The van der Waals surface area contributed by atoms with Gasteiger partial charge in [0.05, 0.1) is 33.9 Å². The number of non-ortho nitro benzene ring substituents is 1. The quantitative estimate of drug-likeness (QED) is 0.134. The molecular weight excluding hydrogens is 560 g/mol. The van der Waals surface area contributed by atoms with Crippen LogP contribution in [0.3, 0.4) is 0 Å². The Morgan fingerprint density at radius 2 is 1.81 bits per heavy atom. The number of aromatic nitrogens is 2. The molecule has 2 aromatic carbocycles. The molecule has 220 valence electrons. The highest BCUT2D eigenvalue weighted by Gasteiger charge is 2.45. The summed E-state index contributed by atoms with van der Waals surface area (Å²) in [4.78, 5) is 55.7. The predicted molar refractivity (Wildman–Crippen MR) is 152 cm³/mol. The highest BCUT2D eigenvalue weighted by molar-refractivity contribution is 5.90. The first-order chi connectivity index (χ1) is 20.5. The molecule has 13 heteroatoms. The number of rotatable bonds is 6. The maximum Gasteiger partial charge on any atom is 0.519 e. The van der Waals surface area contributed by atoms with Crippen molar-refractivity contribution in [2.24, 2.45) is 0 Å². The van der Waals surface area contributed by atoms with Crippen molar-refractivity contribution in [1.82, 2.24) is 14.5 Å². The number of ether oxygens (including phenoxy) is 3. The van der Waals surface area contributed by atoms with E-state index in [9.17, 15) is 29.6 Å². The first-order valence-electron chi connectivity index (χ1n) is 13.4. The van der Waals surface area contributed by atoms with Gasteiger partial charge in [-0.25, -0.2) is 14.6 Å². The zero-order valence-corrected chi connectivity index (χ0v) is 23.4. The number of nitrogens with zero attached hydrogens (tertiary/aromatic N) is 4. The number of aliphatic hydroxyl groups is 1. The lowest BCUT2D eigenvalue weighted by Gasteiger charge is -2.31. The van der Waals surface area contributed by atoms with E-state index in [2.05, 4.69) is 0 Å². The van der Waals surface area contributed by atoms with Crippen LogP contribution < -0.4 is 15.0 Å². The second kappa shape index (κ2) is 10.3. The number of nitro groups is 1. The topological polar surface area (TPSA) is 163 Å². The largest absolute Gasteiger partial charge is 0.519 e. The minimum atomic E-state index is -1.93. The zero-order valence-electron chi connectivity index (χ0n) is 23.4. The third-order valence-electron chi connectivity index (χ3n) is 7.70. The van der Waals surface area contributed by atoms with Gasteiger partial charge in [-0.15, -0.1) is 0 Å². The first kappa shape index (κ1) is 28.0. The van der Waals surface area contributed by atoms with E-state index in [-0.39, 0.29) is 53.4 Å². The summed E-state index contributed by atoms with van der Waals surface area (Å²) in [6.45, 7) is 2.12. The van der Waals surface area contributed by atoms with Crippen LogP contribution in [0, 0.1) is 10.1 Å². The van der Waals surface area contributed by atoms with Gasteiger partial charge in [0.25, 0.3) is 11.2 Å². The van der Waals surface area contributed by atoms with Crippen LogP contribution in [0.2, 0.25) is 0 Å². The summed E-state index contributed by atoms with van der Waals surface area (Å²) in [5.74, 6) is -0.519. The van der Waals surface area contributed by atoms with E-state index in [4.69, 9.17) is 19.2 Å². The molecule has 13 nitrogen and oxygen atoms in total. The molecule has 0 fully saturated rings. The van der Waals surface area contributed by atoms with E-state index >= 15 is 0 Å². The van der Waals surface area contributed by atoms with Crippen LogP contribution in [-0.4, -0.2) is 50.7 Å². The van der Waals surface area contributed by atoms with Crippen molar-refractivity contribution in [3.8, 4) is 22.9 Å². The lowest BCUT2D eigenvalue weighted by molar-refractivity contribution is -0.384. The van der Waals surface area contributed by atoms with Gasteiger partial charge in [0.1, 0.15) is 18.1 Å². The Morgan fingerprint density at radius 1 is 1.12 bits per heavy atom. The SMILES string of the molecule is CC[C@@]1(O)C(=O)OCc2c1cc1n(c2=O)Cc2c-1nc1ccc(OC(=O)Oc3ccc([N+](=O)[O-])cc3)cc1c2CN(C)C. The van der Waals surface area contributed by atoms with Crippen molar-refractivity contribution < 1.29 is 33.8 Å². The van der Waals surface area contributed by atoms with Gasteiger partial charge >= 0.3 is 12.1 Å². The summed E-state index contributed by atoms with van der Waals surface area (Å²) in [5.41, 5.74) is 1.33. The summed E-state index contributed by atoms with van der Waals surface area (Å²) < 4.78 is 17.3. The third-order valence-corrected chi connectivity index (χ3v) is 7.70. The Labute approximate surface area is 244 Å². The monoisotopic (exact) mass is 586 g/mol.